The van der Waals surface area contributed by atoms with Gasteiger partial charge in [-0.2, -0.15) is 4.37 Å². The van der Waals surface area contributed by atoms with Gasteiger partial charge < -0.3 is 9.47 Å². The molecule has 0 saturated carbocycles. The SMILES string of the molecule is c1ccc2c(OCN3CCOCC3)nsc2c1. The Labute approximate surface area is 104 Å². The molecule has 0 unspecified atom stereocenters. The molecule has 90 valence electrons. The van der Waals surface area contributed by atoms with E-state index in [1.165, 1.54) is 16.2 Å². The molecule has 2 aromatic rings. The summed E-state index contributed by atoms with van der Waals surface area (Å²) in [6.07, 6.45) is 0. The topological polar surface area (TPSA) is 34.6 Å². The van der Waals surface area contributed by atoms with Crippen LogP contribution in [0.25, 0.3) is 10.1 Å². The van der Waals surface area contributed by atoms with E-state index in [0.717, 1.165) is 37.6 Å². The zero-order valence-corrected chi connectivity index (χ0v) is 10.3. The van der Waals surface area contributed by atoms with Crippen LogP contribution in [-0.4, -0.2) is 42.3 Å². The van der Waals surface area contributed by atoms with Crippen molar-refractivity contribution >= 4 is 21.6 Å². The minimum Gasteiger partial charge on any atom is -0.460 e. The number of nitrogens with zero attached hydrogens (tertiary/aromatic N) is 2. The Morgan fingerprint density at radius 2 is 2.12 bits per heavy atom. The van der Waals surface area contributed by atoms with E-state index in [1.807, 2.05) is 18.2 Å². The number of benzene rings is 1. The van der Waals surface area contributed by atoms with Gasteiger partial charge in [-0.3, -0.25) is 4.90 Å². The summed E-state index contributed by atoms with van der Waals surface area (Å²) in [7, 11) is 0. The van der Waals surface area contributed by atoms with Crippen molar-refractivity contribution in [1.82, 2.24) is 9.27 Å². The van der Waals surface area contributed by atoms with Crippen LogP contribution in [0.4, 0.5) is 0 Å². The van der Waals surface area contributed by atoms with E-state index in [1.54, 1.807) is 0 Å². The average Bonchev–Trinajstić information content (AvgIpc) is 2.81. The fraction of sp³-hybridized carbons (Fsp3) is 0.417. The first-order valence-electron chi connectivity index (χ1n) is 5.71. The largest absolute Gasteiger partial charge is 0.460 e. The Morgan fingerprint density at radius 3 is 3.00 bits per heavy atom. The van der Waals surface area contributed by atoms with Crippen LogP contribution in [0.3, 0.4) is 0 Å². The van der Waals surface area contributed by atoms with E-state index in [4.69, 9.17) is 9.47 Å². The van der Waals surface area contributed by atoms with Gasteiger partial charge in [-0.05, 0) is 23.7 Å². The minimum absolute atomic E-state index is 0.594. The molecule has 17 heavy (non-hydrogen) atoms. The van der Waals surface area contributed by atoms with Gasteiger partial charge in [-0.1, -0.05) is 12.1 Å². The summed E-state index contributed by atoms with van der Waals surface area (Å²) < 4.78 is 16.6. The second-order valence-corrected chi connectivity index (χ2v) is 4.79. The Morgan fingerprint density at radius 1 is 1.29 bits per heavy atom. The highest BCUT2D eigenvalue weighted by Gasteiger charge is 2.12. The van der Waals surface area contributed by atoms with E-state index < -0.39 is 0 Å². The molecule has 1 fully saturated rings. The molecule has 0 spiro atoms. The molecule has 3 rings (SSSR count). The zero-order chi connectivity index (χ0) is 11.5. The van der Waals surface area contributed by atoms with Gasteiger partial charge >= 0.3 is 0 Å². The maximum atomic E-state index is 5.77. The maximum absolute atomic E-state index is 5.77. The Hall–Kier alpha value is -1.17. The third kappa shape index (κ3) is 2.41. The molecule has 1 aliphatic heterocycles. The lowest BCUT2D eigenvalue weighted by molar-refractivity contribution is 0.00362. The van der Waals surface area contributed by atoms with E-state index >= 15 is 0 Å². The number of morpholine rings is 1. The van der Waals surface area contributed by atoms with E-state index in [-0.39, 0.29) is 0 Å². The maximum Gasteiger partial charge on any atom is 0.234 e. The van der Waals surface area contributed by atoms with Crippen molar-refractivity contribution in [1.29, 1.82) is 0 Å². The van der Waals surface area contributed by atoms with Gasteiger partial charge in [0.05, 0.1) is 23.3 Å². The summed E-state index contributed by atoms with van der Waals surface area (Å²) in [6.45, 7) is 4.05. The van der Waals surface area contributed by atoms with Crippen LogP contribution in [0.1, 0.15) is 0 Å². The van der Waals surface area contributed by atoms with Crippen molar-refractivity contribution < 1.29 is 9.47 Å². The fourth-order valence-electron chi connectivity index (χ4n) is 1.85. The van der Waals surface area contributed by atoms with E-state index in [2.05, 4.69) is 15.3 Å². The summed E-state index contributed by atoms with van der Waals surface area (Å²) in [5.41, 5.74) is 0. The minimum atomic E-state index is 0.594. The lowest BCUT2D eigenvalue weighted by atomic mass is 10.3. The molecule has 0 bridgehead atoms. The van der Waals surface area contributed by atoms with Gasteiger partial charge in [0.1, 0.15) is 6.73 Å². The Balaban J connectivity index is 1.68. The third-order valence-corrected chi connectivity index (χ3v) is 3.64. The Bertz CT molecular complexity index is 494. The third-order valence-electron chi connectivity index (χ3n) is 2.83. The number of aromatic nitrogens is 1. The molecule has 0 aliphatic carbocycles. The summed E-state index contributed by atoms with van der Waals surface area (Å²) in [6, 6.07) is 8.15. The highest BCUT2D eigenvalue weighted by atomic mass is 32.1. The molecular formula is C12H14N2O2S. The number of hydrogen-bond donors (Lipinski definition) is 0. The number of hydrogen-bond acceptors (Lipinski definition) is 5. The predicted molar refractivity (Wildman–Crippen MR) is 67.5 cm³/mol. The molecule has 2 heterocycles. The molecule has 1 aliphatic rings. The van der Waals surface area contributed by atoms with Gasteiger partial charge in [0, 0.05) is 13.1 Å². The van der Waals surface area contributed by atoms with Gasteiger partial charge in [0.2, 0.25) is 5.88 Å². The fourth-order valence-corrected chi connectivity index (χ4v) is 2.57. The van der Waals surface area contributed by atoms with Crippen LogP contribution >= 0.6 is 11.5 Å². The monoisotopic (exact) mass is 250 g/mol. The molecule has 1 aromatic carbocycles. The second-order valence-electron chi connectivity index (χ2n) is 3.99. The summed E-state index contributed by atoms with van der Waals surface area (Å²) >= 11 is 1.48. The molecule has 1 aromatic heterocycles. The molecule has 1 saturated heterocycles. The highest BCUT2D eigenvalue weighted by molar-refractivity contribution is 7.13. The summed E-state index contributed by atoms with van der Waals surface area (Å²) in [5, 5.41) is 1.10. The normalized spacial score (nSPS) is 17.4. The van der Waals surface area contributed by atoms with Crippen molar-refractivity contribution in [2.75, 3.05) is 33.0 Å². The van der Waals surface area contributed by atoms with E-state index in [0.29, 0.717) is 6.73 Å². The van der Waals surface area contributed by atoms with Crippen LogP contribution in [0.5, 0.6) is 5.88 Å². The standard InChI is InChI=1S/C12H14N2O2S/c1-2-4-11-10(3-1)12(13-17-11)16-9-14-5-7-15-8-6-14/h1-4H,5-9H2. The van der Waals surface area contributed by atoms with Gasteiger partial charge in [-0.25, -0.2) is 0 Å². The number of fused-ring (bicyclic) bond motifs is 1. The van der Waals surface area contributed by atoms with Crippen LogP contribution in [0.15, 0.2) is 24.3 Å². The smallest absolute Gasteiger partial charge is 0.234 e. The predicted octanol–water partition coefficient (Wildman–Crippen LogP) is 1.96. The summed E-state index contributed by atoms with van der Waals surface area (Å²) in [4.78, 5) is 2.23. The van der Waals surface area contributed by atoms with Crippen molar-refractivity contribution in [3.63, 3.8) is 0 Å². The van der Waals surface area contributed by atoms with Crippen molar-refractivity contribution in [2.45, 2.75) is 0 Å². The number of ether oxygens (including phenoxy) is 2. The molecule has 0 atom stereocenters. The van der Waals surface area contributed by atoms with Crippen molar-refractivity contribution in [3.8, 4) is 5.88 Å². The summed E-state index contributed by atoms with van der Waals surface area (Å²) in [5.74, 6) is 0.747. The highest BCUT2D eigenvalue weighted by Crippen LogP contribution is 2.28. The molecule has 0 amide bonds. The van der Waals surface area contributed by atoms with Crippen LogP contribution in [0, 0.1) is 0 Å². The quantitative estimate of drug-likeness (QED) is 0.834. The van der Waals surface area contributed by atoms with Crippen molar-refractivity contribution in [2.24, 2.45) is 0 Å². The lowest BCUT2D eigenvalue weighted by Crippen LogP contribution is -2.38. The van der Waals surface area contributed by atoms with Gasteiger partial charge in [-0.15, -0.1) is 0 Å². The first kappa shape index (κ1) is 11.0. The first-order valence-corrected chi connectivity index (χ1v) is 6.48. The van der Waals surface area contributed by atoms with E-state index in [9.17, 15) is 0 Å². The second kappa shape index (κ2) is 5.00. The van der Waals surface area contributed by atoms with Gasteiger partial charge in [0.15, 0.2) is 0 Å². The van der Waals surface area contributed by atoms with Gasteiger partial charge in [0.25, 0.3) is 0 Å². The zero-order valence-electron chi connectivity index (χ0n) is 9.46. The average molecular weight is 250 g/mol. The molecular weight excluding hydrogens is 236 g/mol. The molecule has 0 N–H and O–H groups in total. The van der Waals surface area contributed by atoms with Crippen LogP contribution in [-0.2, 0) is 4.74 Å². The Kier molecular flexibility index (Phi) is 3.22. The van der Waals surface area contributed by atoms with Crippen molar-refractivity contribution in [3.05, 3.63) is 24.3 Å². The first-order chi connectivity index (χ1) is 8.43. The number of rotatable bonds is 3. The lowest BCUT2D eigenvalue weighted by Gasteiger charge is -2.25. The molecule has 5 heteroatoms. The van der Waals surface area contributed by atoms with Crippen LogP contribution in [0.2, 0.25) is 0 Å². The molecule has 4 nitrogen and oxygen atoms in total. The van der Waals surface area contributed by atoms with Crippen LogP contribution < -0.4 is 4.74 Å². The molecule has 0 radical (unpaired) electrons.